The van der Waals surface area contributed by atoms with E-state index >= 15 is 0 Å². The Morgan fingerprint density at radius 3 is 2.69 bits per heavy atom. The second-order valence-corrected chi connectivity index (χ2v) is 9.24. The lowest BCUT2D eigenvalue weighted by Gasteiger charge is -2.18. The molecule has 0 fully saturated rings. The van der Waals surface area contributed by atoms with Crippen LogP contribution in [-0.2, 0) is 4.79 Å². The number of nitrogens with zero attached hydrogens (tertiary/aromatic N) is 3. The van der Waals surface area contributed by atoms with Crippen LogP contribution in [0.4, 0.5) is 5.88 Å². The lowest BCUT2D eigenvalue weighted by molar-refractivity contribution is -0.115. The van der Waals surface area contributed by atoms with Crippen LogP contribution in [0.15, 0.2) is 56.9 Å². The summed E-state index contributed by atoms with van der Waals surface area (Å²) in [5.74, 6) is -0.0239. The Hall–Kier alpha value is -3.10. The molecule has 7 nitrogen and oxygen atoms in total. The summed E-state index contributed by atoms with van der Waals surface area (Å²) in [6.07, 6.45) is 0. The van der Waals surface area contributed by atoms with E-state index in [4.69, 9.17) is 21.1 Å². The van der Waals surface area contributed by atoms with Gasteiger partial charge >= 0.3 is 0 Å². The minimum Gasteiger partial charge on any atom is -0.338 e. The van der Waals surface area contributed by atoms with Crippen LogP contribution >= 0.6 is 23.4 Å². The number of nitrogens with one attached hydrogen (secondary N) is 1. The van der Waals surface area contributed by atoms with Crippen molar-refractivity contribution < 1.29 is 9.32 Å². The number of thioether (sulfide) groups is 1. The van der Waals surface area contributed by atoms with E-state index in [0.717, 1.165) is 16.8 Å². The Kier molecular flexibility index (Phi) is 6.08. The summed E-state index contributed by atoms with van der Waals surface area (Å²) in [7, 11) is 0. The van der Waals surface area contributed by atoms with Gasteiger partial charge in [0.05, 0.1) is 27.5 Å². The van der Waals surface area contributed by atoms with Crippen molar-refractivity contribution in [2.24, 2.45) is 0 Å². The zero-order valence-electron chi connectivity index (χ0n) is 18.0. The fraction of sp³-hybridized carbons (Fsp3) is 0.217. The number of hydrogen-bond donors (Lipinski definition) is 1. The summed E-state index contributed by atoms with van der Waals surface area (Å²) in [6, 6.07) is 12.4. The van der Waals surface area contributed by atoms with E-state index in [0.29, 0.717) is 26.8 Å². The molecule has 0 bridgehead atoms. The van der Waals surface area contributed by atoms with Crippen LogP contribution in [0.25, 0.3) is 16.6 Å². The highest BCUT2D eigenvalue weighted by Gasteiger charge is 2.22. The first kappa shape index (κ1) is 22.1. The molecular weight excluding hydrogens is 448 g/mol. The number of anilines is 1. The fourth-order valence-corrected chi connectivity index (χ4v) is 4.35. The molecule has 0 spiro atoms. The number of rotatable bonds is 5. The number of aromatic nitrogens is 3. The Bertz CT molecular complexity index is 1400. The quantitative estimate of drug-likeness (QED) is 0.325. The van der Waals surface area contributed by atoms with E-state index in [-0.39, 0.29) is 17.4 Å². The van der Waals surface area contributed by atoms with Crippen LogP contribution in [0, 0.1) is 20.8 Å². The fourth-order valence-electron chi connectivity index (χ4n) is 3.27. The molecule has 2 heterocycles. The van der Waals surface area contributed by atoms with Crippen LogP contribution in [0.1, 0.15) is 23.7 Å². The molecule has 164 valence electrons. The van der Waals surface area contributed by atoms with Crippen LogP contribution in [0.5, 0.6) is 0 Å². The summed E-state index contributed by atoms with van der Waals surface area (Å²) in [6.45, 7) is 7.45. The number of halogens is 1. The monoisotopic (exact) mass is 468 g/mol. The van der Waals surface area contributed by atoms with Crippen molar-refractivity contribution in [2.75, 3.05) is 5.32 Å². The van der Waals surface area contributed by atoms with Gasteiger partial charge in [0.1, 0.15) is 0 Å². The molecule has 4 rings (SSSR count). The van der Waals surface area contributed by atoms with Gasteiger partial charge in [-0.1, -0.05) is 40.7 Å². The molecule has 0 saturated heterocycles. The molecule has 0 aliphatic heterocycles. The minimum atomic E-state index is -0.569. The zero-order valence-corrected chi connectivity index (χ0v) is 19.5. The molecule has 2 aromatic heterocycles. The molecule has 4 aromatic rings. The molecule has 1 atom stereocenters. The average molecular weight is 469 g/mol. The first-order valence-corrected chi connectivity index (χ1v) is 11.2. The molecule has 0 aliphatic carbocycles. The predicted molar refractivity (Wildman–Crippen MR) is 127 cm³/mol. The van der Waals surface area contributed by atoms with Crippen molar-refractivity contribution in [1.29, 1.82) is 0 Å². The van der Waals surface area contributed by atoms with Crippen LogP contribution < -0.4 is 10.9 Å². The van der Waals surface area contributed by atoms with Gasteiger partial charge in [0.25, 0.3) is 5.56 Å². The number of fused-ring (bicyclic) bond motifs is 1. The average Bonchev–Trinajstić information content (AvgIpc) is 3.15. The topological polar surface area (TPSA) is 90.0 Å². The summed E-state index contributed by atoms with van der Waals surface area (Å²) in [5.41, 5.74) is 3.65. The molecule has 1 amide bonds. The highest BCUT2D eigenvalue weighted by Crippen LogP contribution is 2.28. The molecule has 1 unspecified atom stereocenters. The van der Waals surface area contributed by atoms with Gasteiger partial charge in [0, 0.05) is 11.1 Å². The molecule has 9 heteroatoms. The second kappa shape index (κ2) is 8.80. The Labute approximate surface area is 193 Å². The van der Waals surface area contributed by atoms with Gasteiger partial charge in [-0.2, -0.15) is 0 Å². The van der Waals surface area contributed by atoms with Gasteiger partial charge in [0.15, 0.2) is 5.16 Å². The van der Waals surface area contributed by atoms with Crippen LogP contribution in [-0.4, -0.2) is 25.9 Å². The second-order valence-electron chi connectivity index (χ2n) is 7.50. The van der Waals surface area contributed by atoms with Crippen molar-refractivity contribution in [1.82, 2.24) is 14.7 Å². The van der Waals surface area contributed by atoms with Crippen molar-refractivity contribution in [3.05, 3.63) is 74.7 Å². The zero-order chi connectivity index (χ0) is 23.0. The number of benzene rings is 2. The van der Waals surface area contributed by atoms with Gasteiger partial charge in [0.2, 0.25) is 11.8 Å². The van der Waals surface area contributed by atoms with E-state index in [1.165, 1.54) is 11.8 Å². The number of amides is 1. The van der Waals surface area contributed by atoms with Crippen LogP contribution in [0.2, 0.25) is 5.02 Å². The van der Waals surface area contributed by atoms with E-state index in [1.54, 1.807) is 42.7 Å². The Morgan fingerprint density at radius 2 is 1.97 bits per heavy atom. The van der Waals surface area contributed by atoms with Crippen molar-refractivity contribution in [3.8, 4) is 5.69 Å². The van der Waals surface area contributed by atoms with Gasteiger partial charge < -0.3 is 4.52 Å². The first-order valence-electron chi connectivity index (χ1n) is 9.94. The molecular formula is C23H21ClN4O3S. The lowest BCUT2D eigenvalue weighted by atomic mass is 10.1. The van der Waals surface area contributed by atoms with Gasteiger partial charge in [-0.25, -0.2) is 4.98 Å². The van der Waals surface area contributed by atoms with E-state index in [1.807, 2.05) is 32.0 Å². The predicted octanol–water partition coefficient (Wildman–Crippen LogP) is 5.07. The molecule has 1 N–H and O–H groups in total. The normalized spacial score (nSPS) is 12.2. The molecule has 0 saturated carbocycles. The van der Waals surface area contributed by atoms with Gasteiger partial charge in [-0.3, -0.25) is 19.5 Å². The number of carbonyl (C=O) groups excluding carboxylic acids is 1. The maximum atomic E-state index is 13.5. The third kappa shape index (κ3) is 4.28. The molecule has 32 heavy (non-hydrogen) atoms. The summed E-state index contributed by atoms with van der Waals surface area (Å²) < 4.78 is 6.63. The maximum Gasteiger partial charge on any atom is 0.266 e. The minimum absolute atomic E-state index is 0.221. The Morgan fingerprint density at radius 1 is 1.19 bits per heavy atom. The molecule has 0 aliphatic rings. The maximum absolute atomic E-state index is 13.5. The largest absolute Gasteiger partial charge is 0.338 e. The van der Waals surface area contributed by atoms with Crippen LogP contribution in [0.3, 0.4) is 0 Å². The SMILES string of the molecule is Cc1cc(NC(=O)C(C)Sc2nc3cc(Cl)ccc3c(=O)n2-c2cccc(C)c2C)on1. The molecule has 2 aromatic carbocycles. The highest BCUT2D eigenvalue weighted by atomic mass is 35.5. The van der Waals surface area contributed by atoms with E-state index < -0.39 is 5.25 Å². The van der Waals surface area contributed by atoms with Crippen molar-refractivity contribution in [3.63, 3.8) is 0 Å². The molecule has 0 radical (unpaired) electrons. The number of hydrogen-bond acceptors (Lipinski definition) is 6. The summed E-state index contributed by atoms with van der Waals surface area (Å²) >= 11 is 7.32. The van der Waals surface area contributed by atoms with Gasteiger partial charge in [-0.15, -0.1) is 0 Å². The van der Waals surface area contributed by atoms with Gasteiger partial charge in [-0.05, 0) is 63.1 Å². The highest BCUT2D eigenvalue weighted by molar-refractivity contribution is 8.00. The summed E-state index contributed by atoms with van der Waals surface area (Å²) in [4.78, 5) is 31.0. The number of carbonyl (C=O) groups is 1. The smallest absolute Gasteiger partial charge is 0.266 e. The lowest BCUT2D eigenvalue weighted by Crippen LogP contribution is -2.26. The first-order chi connectivity index (χ1) is 15.2. The third-order valence-electron chi connectivity index (χ3n) is 5.14. The standard InChI is InChI=1S/C23H21ClN4O3S/c1-12-6-5-7-19(14(12)3)28-22(30)17-9-8-16(24)11-18(17)25-23(28)32-15(4)21(29)26-20-10-13(2)27-31-20/h5-11,15H,1-4H3,(H,26,29). The Balaban J connectivity index is 1.80. The van der Waals surface area contributed by atoms with Crippen molar-refractivity contribution in [2.45, 2.75) is 38.1 Å². The number of aryl methyl sites for hydroxylation is 2. The van der Waals surface area contributed by atoms with E-state index in [9.17, 15) is 9.59 Å². The third-order valence-corrected chi connectivity index (χ3v) is 6.43. The van der Waals surface area contributed by atoms with Crippen molar-refractivity contribution >= 4 is 46.1 Å². The summed E-state index contributed by atoms with van der Waals surface area (Å²) in [5, 5.41) is 7.23. The van der Waals surface area contributed by atoms with E-state index in [2.05, 4.69) is 10.5 Å².